The second-order valence-corrected chi connectivity index (χ2v) is 11.8. The number of carbonyl (C=O) groups is 1. The van der Waals surface area contributed by atoms with Gasteiger partial charge in [0.1, 0.15) is 29.4 Å². The van der Waals surface area contributed by atoms with Gasteiger partial charge in [0.05, 0.1) is 42.0 Å². The van der Waals surface area contributed by atoms with Crippen molar-refractivity contribution in [2.75, 3.05) is 13.7 Å². The number of methoxy groups -OCH3 is 1. The molecule has 0 radical (unpaired) electrons. The Morgan fingerprint density at radius 3 is 2.58 bits per heavy atom. The summed E-state index contributed by atoms with van der Waals surface area (Å²) in [5.74, 6) is -1.07. The molecule has 1 fully saturated rings. The van der Waals surface area contributed by atoms with Gasteiger partial charge in [0, 0.05) is 34.9 Å². The molecule has 8 nitrogen and oxygen atoms in total. The number of furan rings is 1. The Morgan fingerprint density at radius 1 is 0.917 bits per heavy atom. The minimum atomic E-state index is -0.627. The first kappa shape index (κ1) is 29.8. The summed E-state index contributed by atoms with van der Waals surface area (Å²) < 4.78 is 55.0. The lowest BCUT2D eigenvalue weighted by atomic mass is 10.0. The molecule has 0 bridgehead atoms. The smallest absolute Gasteiger partial charge is 0.337 e. The Hall–Kier alpha value is -5.61. The third kappa shape index (κ3) is 5.43. The zero-order valence-electron chi connectivity index (χ0n) is 25.9. The Bertz CT molecular complexity index is 2340. The fourth-order valence-corrected chi connectivity index (χ4v) is 6.16. The van der Waals surface area contributed by atoms with Crippen molar-refractivity contribution < 1.29 is 32.2 Å². The number of hydrogen-bond acceptors (Lipinski definition) is 7. The lowest BCUT2D eigenvalue weighted by Gasteiger charge is -2.27. The zero-order valence-corrected chi connectivity index (χ0v) is 25.9. The summed E-state index contributed by atoms with van der Waals surface area (Å²) >= 11 is 0. The number of hydrogen-bond donors (Lipinski definition) is 0. The van der Waals surface area contributed by atoms with E-state index in [2.05, 4.69) is 4.98 Å². The highest BCUT2D eigenvalue weighted by Gasteiger charge is 2.23. The van der Waals surface area contributed by atoms with E-state index in [1.807, 2.05) is 47.0 Å². The number of pyridine rings is 1. The molecule has 0 unspecified atom stereocenters. The van der Waals surface area contributed by atoms with Crippen molar-refractivity contribution in [2.45, 2.75) is 32.1 Å². The summed E-state index contributed by atoms with van der Waals surface area (Å²) in [7, 11) is 1.34. The third-order valence-electron chi connectivity index (χ3n) is 8.79. The number of aromatic nitrogens is 3. The Kier molecular flexibility index (Phi) is 7.57. The molecule has 1 aliphatic heterocycles. The number of ether oxygens (including phenoxy) is 3. The van der Waals surface area contributed by atoms with Crippen LogP contribution in [0, 0.1) is 11.6 Å². The van der Waals surface area contributed by atoms with Crippen LogP contribution in [-0.4, -0.2) is 40.3 Å². The standard InChI is InChI=1S/C38H29F2N3O5/c1-45-38(44)24-11-13-32-33(18-24)43(20-26-15-16-46-26)35(41-32)19-22-9-10-23(17-30(22)40)31-14-12-29(39)37(42-31)47-21-25-5-4-7-28-27-6-2-3-8-34(27)48-36(25)28/h2-14,17-18,26H,15-16,19-21H2,1H3/t26-/m0/s1. The maximum Gasteiger partial charge on any atom is 0.337 e. The normalized spacial score (nSPS) is 14.4. The quantitative estimate of drug-likeness (QED) is 0.147. The molecule has 4 aromatic carbocycles. The van der Waals surface area contributed by atoms with Gasteiger partial charge in [-0.3, -0.25) is 0 Å². The fourth-order valence-electron chi connectivity index (χ4n) is 6.16. The van der Waals surface area contributed by atoms with Crippen molar-refractivity contribution in [1.82, 2.24) is 14.5 Å². The lowest BCUT2D eigenvalue weighted by molar-refractivity contribution is -0.0589. The van der Waals surface area contributed by atoms with Crippen LogP contribution in [0.3, 0.4) is 0 Å². The molecule has 10 heteroatoms. The van der Waals surface area contributed by atoms with E-state index in [-0.39, 0.29) is 25.0 Å². The molecule has 0 N–H and O–H groups in total. The molecule has 7 aromatic rings. The highest BCUT2D eigenvalue weighted by Crippen LogP contribution is 2.32. The van der Waals surface area contributed by atoms with Gasteiger partial charge in [0.15, 0.2) is 5.82 Å². The fraction of sp³-hybridized carbons (Fsp3) is 0.184. The predicted octanol–water partition coefficient (Wildman–Crippen LogP) is 8.02. The summed E-state index contributed by atoms with van der Waals surface area (Å²) in [6.07, 6.45) is 1.13. The number of fused-ring (bicyclic) bond motifs is 4. The zero-order chi connectivity index (χ0) is 32.8. The molecule has 240 valence electrons. The van der Waals surface area contributed by atoms with Gasteiger partial charge in [-0.2, -0.15) is 0 Å². The maximum atomic E-state index is 15.7. The molecule has 0 amide bonds. The second kappa shape index (κ2) is 12.2. The van der Waals surface area contributed by atoms with Crippen LogP contribution in [0.5, 0.6) is 5.88 Å². The van der Waals surface area contributed by atoms with Gasteiger partial charge >= 0.3 is 5.97 Å². The highest BCUT2D eigenvalue weighted by molar-refractivity contribution is 6.05. The van der Waals surface area contributed by atoms with Crippen molar-refractivity contribution in [3.8, 4) is 17.1 Å². The van der Waals surface area contributed by atoms with E-state index in [1.165, 1.54) is 25.3 Å². The lowest BCUT2D eigenvalue weighted by Crippen LogP contribution is -2.31. The molecule has 1 saturated heterocycles. The van der Waals surface area contributed by atoms with Gasteiger partial charge in [-0.25, -0.2) is 23.5 Å². The molecule has 4 heterocycles. The molecule has 0 spiro atoms. The van der Waals surface area contributed by atoms with E-state index in [0.29, 0.717) is 52.5 Å². The van der Waals surface area contributed by atoms with Crippen molar-refractivity contribution in [3.63, 3.8) is 0 Å². The molecule has 48 heavy (non-hydrogen) atoms. The van der Waals surface area contributed by atoms with E-state index in [9.17, 15) is 9.18 Å². The van der Waals surface area contributed by atoms with Gasteiger partial charge in [0.2, 0.25) is 0 Å². The summed E-state index contributed by atoms with van der Waals surface area (Å²) in [4.78, 5) is 21.4. The van der Waals surface area contributed by atoms with Gasteiger partial charge in [-0.15, -0.1) is 0 Å². The number of benzene rings is 4. The minimum Gasteiger partial charge on any atom is -0.471 e. The number of esters is 1. The maximum absolute atomic E-state index is 15.7. The highest BCUT2D eigenvalue weighted by atomic mass is 19.1. The van der Waals surface area contributed by atoms with Crippen LogP contribution < -0.4 is 4.74 Å². The molecule has 0 saturated carbocycles. The summed E-state index contributed by atoms with van der Waals surface area (Å²) in [5, 5.41) is 1.94. The summed E-state index contributed by atoms with van der Waals surface area (Å²) in [6, 6.07) is 26.2. The van der Waals surface area contributed by atoms with Gasteiger partial charge in [0.25, 0.3) is 5.88 Å². The van der Waals surface area contributed by atoms with Gasteiger partial charge in [-0.05, 0) is 54.4 Å². The molecule has 1 atom stereocenters. The van der Waals surface area contributed by atoms with E-state index in [0.717, 1.165) is 33.9 Å². The van der Waals surface area contributed by atoms with E-state index >= 15 is 4.39 Å². The number of rotatable bonds is 9. The monoisotopic (exact) mass is 645 g/mol. The molecule has 1 aliphatic rings. The number of carbonyl (C=O) groups excluding carboxylic acids is 1. The SMILES string of the molecule is COC(=O)c1ccc2nc(Cc3ccc(-c4ccc(F)c(OCc5cccc6c5oc5ccccc56)n4)cc3F)n(C[C@@H]3CCO3)c2c1. The second-order valence-electron chi connectivity index (χ2n) is 11.8. The Balaban J connectivity index is 1.05. The predicted molar refractivity (Wildman–Crippen MR) is 176 cm³/mol. The first-order valence-corrected chi connectivity index (χ1v) is 15.6. The van der Waals surface area contributed by atoms with Crippen LogP contribution in [0.4, 0.5) is 8.78 Å². The van der Waals surface area contributed by atoms with Crippen LogP contribution in [0.25, 0.3) is 44.2 Å². The van der Waals surface area contributed by atoms with E-state index in [1.54, 1.807) is 30.3 Å². The third-order valence-corrected chi connectivity index (χ3v) is 8.79. The van der Waals surface area contributed by atoms with Crippen LogP contribution in [-0.2, 0) is 29.0 Å². The summed E-state index contributed by atoms with van der Waals surface area (Å²) in [5.41, 5.74) is 5.29. The number of imidazole rings is 1. The summed E-state index contributed by atoms with van der Waals surface area (Å²) in [6.45, 7) is 1.26. The largest absolute Gasteiger partial charge is 0.471 e. The molecule has 0 aliphatic carbocycles. The van der Waals surface area contributed by atoms with Crippen LogP contribution in [0.1, 0.15) is 33.7 Å². The Morgan fingerprint density at radius 2 is 1.77 bits per heavy atom. The van der Waals surface area contributed by atoms with Crippen molar-refractivity contribution in [1.29, 1.82) is 0 Å². The average Bonchev–Trinajstić information content (AvgIpc) is 3.64. The first-order valence-electron chi connectivity index (χ1n) is 15.6. The van der Waals surface area contributed by atoms with Crippen LogP contribution >= 0.6 is 0 Å². The number of para-hydroxylation sites is 2. The van der Waals surface area contributed by atoms with E-state index < -0.39 is 17.6 Å². The van der Waals surface area contributed by atoms with Crippen molar-refractivity contribution in [2.24, 2.45) is 0 Å². The van der Waals surface area contributed by atoms with Gasteiger partial charge < -0.3 is 23.2 Å². The first-order chi connectivity index (χ1) is 23.4. The van der Waals surface area contributed by atoms with Crippen LogP contribution in [0.2, 0.25) is 0 Å². The molecular weight excluding hydrogens is 616 g/mol. The average molecular weight is 646 g/mol. The number of halogens is 2. The van der Waals surface area contributed by atoms with Gasteiger partial charge in [-0.1, -0.05) is 48.5 Å². The van der Waals surface area contributed by atoms with Crippen LogP contribution in [0.15, 0.2) is 95.4 Å². The van der Waals surface area contributed by atoms with Crippen molar-refractivity contribution >= 4 is 38.9 Å². The van der Waals surface area contributed by atoms with E-state index in [4.69, 9.17) is 23.6 Å². The number of nitrogens with zero attached hydrogens (tertiary/aromatic N) is 3. The van der Waals surface area contributed by atoms with Crippen molar-refractivity contribution in [3.05, 3.63) is 125 Å². The molecule has 8 rings (SSSR count). The molecule has 3 aromatic heterocycles. The minimum absolute atomic E-state index is 0.0164. The topological polar surface area (TPSA) is 88.6 Å². The molecular formula is C38H29F2N3O5. The Labute approximate surface area is 273 Å².